The lowest BCUT2D eigenvalue weighted by molar-refractivity contribution is 0.483. The van der Waals surface area contributed by atoms with E-state index in [-0.39, 0.29) is 5.41 Å². The molecule has 0 N–H and O–H groups in total. The van der Waals surface area contributed by atoms with Gasteiger partial charge >= 0.3 is 0 Å². The lowest BCUT2D eigenvalue weighted by Crippen LogP contribution is -2.22. The number of aryl methyl sites for hydroxylation is 1. The van der Waals surface area contributed by atoms with Crippen LogP contribution in [0.15, 0.2) is 72.9 Å². The second kappa shape index (κ2) is 8.72. The molecule has 1 atom stereocenters. The number of hydrogen-bond donors (Lipinski definition) is 0. The molecular formula is C23H32. The van der Waals surface area contributed by atoms with Crippen molar-refractivity contribution in [2.24, 2.45) is 0 Å². The van der Waals surface area contributed by atoms with Crippen LogP contribution in [0.4, 0.5) is 0 Å². The zero-order valence-electron chi connectivity index (χ0n) is 15.4. The zero-order valence-corrected chi connectivity index (χ0v) is 15.4. The Morgan fingerprint density at radius 2 is 1.83 bits per heavy atom. The second-order valence-electron chi connectivity index (χ2n) is 6.67. The SMILES string of the molecule is C=C(C)C1(CC)CCc2ccccc21.C=C(C)CC(=C)/C=C\C. The van der Waals surface area contributed by atoms with E-state index in [0.29, 0.717) is 0 Å². The van der Waals surface area contributed by atoms with Crippen molar-refractivity contribution in [3.05, 3.63) is 84.0 Å². The van der Waals surface area contributed by atoms with Crippen molar-refractivity contribution in [1.29, 1.82) is 0 Å². The van der Waals surface area contributed by atoms with Crippen LogP contribution in [0.3, 0.4) is 0 Å². The molecule has 1 aromatic rings. The molecular weight excluding hydrogens is 276 g/mol. The standard InChI is InChI=1S/C14H18.C9H14/c1-4-14(11(2)3)10-9-12-7-5-6-8-13(12)14;1-5-6-9(4)7-8(2)3/h5-8H,2,4,9-10H2,1,3H3;5-6H,2,4,7H2,1,3H3/b;6-5-. The van der Waals surface area contributed by atoms with Crippen LogP contribution >= 0.6 is 0 Å². The molecule has 0 aromatic heterocycles. The Labute approximate surface area is 143 Å². The molecule has 0 fully saturated rings. The van der Waals surface area contributed by atoms with Gasteiger partial charge in [-0.1, -0.05) is 79.8 Å². The molecule has 0 radical (unpaired) electrons. The monoisotopic (exact) mass is 308 g/mol. The number of benzene rings is 1. The van der Waals surface area contributed by atoms with E-state index < -0.39 is 0 Å². The smallest absolute Gasteiger partial charge is 0.0159 e. The third-order valence-corrected chi connectivity index (χ3v) is 4.71. The molecule has 0 nitrogen and oxygen atoms in total. The van der Waals surface area contributed by atoms with Gasteiger partial charge in [0, 0.05) is 5.41 Å². The molecule has 0 heteroatoms. The normalized spacial score (nSPS) is 19.0. The first-order chi connectivity index (χ1) is 10.9. The lowest BCUT2D eigenvalue weighted by atomic mass is 9.74. The quantitative estimate of drug-likeness (QED) is 0.408. The van der Waals surface area contributed by atoms with Crippen LogP contribution in [-0.2, 0) is 11.8 Å². The maximum atomic E-state index is 4.18. The summed E-state index contributed by atoms with van der Waals surface area (Å²) in [6.45, 7) is 20.2. The van der Waals surface area contributed by atoms with E-state index in [1.54, 1.807) is 0 Å². The van der Waals surface area contributed by atoms with Crippen molar-refractivity contribution in [2.75, 3.05) is 0 Å². The molecule has 0 saturated carbocycles. The fourth-order valence-corrected chi connectivity index (χ4v) is 3.48. The van der Waals surface area contributed by atoms with E-state index in [4.69, 9.17) is 0 Å². The van der Waals surface area contributed by atoms with Crippen LogP contribution < -0.4 is 0 Å². The maximum absolute atomic E-state index is 4.18. The summed E-state index contributed by atoms with van der Waals surface area (Å²) in [4.78, 5) is 0. The summed E-state index contributed by atoms with van der Waals surface area (Å²) in [5.41, 5.74) is 6.94. The molecule has 1 aliphatic carbocycles. The highest BCUT2D eigenvalue weighted by atomic mass is 14.4. The van der Waals surface area contributed by atoms with E-state index in [0.717, 1.165) is 17.6 Å². The lowest BCUT2D eigenvalue weighted by Gasteiger charge is -2.29. The molecule has 0 heterocycles. The summed E-state index contributed by atoms with van der Waals surface area (Å²) in [6, 6.07) is 8.83. The minimum absolute atomic E-state index is 0.274. The van der Waals surface area contributed by atoms with Crippen LogP contribution in [-0.4, -0.2) is 0 Å². The average molecular weight is 309 g/mol. The molecule has 23 heavy (non-hydrogen) atoms. The largest absolute Gasteiger partial charge is 0.0998 e. The molecule has 1 aromatic carbocycles. The fraction of sp³-hybridized carbons (Fsp3) is 0.391. The zero-order chi connectivity index (χ0) is 17.5. The third kappa shape index (κ3) is 4.82. The first-order valence-corrected chi connectivity index (χ1v) is 8.56. The van der Waals surface area contributed by atoms with Gasteiger partial charge in [0.15, 0.2) is 0 Å². The predicted molar refractivity (Wildman–Crippen MR) is 105 cm³/mol. The molecule has 1 aliphatic rings. The van der Waals surface area contributed by atoms with Crippen molar-refractivity contribution < 1.29 is 0 Å². The molecule has 1 unspecified atom stereocenters. The Morgan fingerprint density at radius 1 is 1.17 bits per heavy atom. The highest BCUT2D eigenvalue weighted by Gasteiger charge is 2.37. The van der Waals surface area contributed by atoms with Crippen molar-refractivity contribution >= 4 is 0 Å². The number of allylic oxidation sites excluding steroid dienone is 5. The molecule has 0 bridgehead atoms. The summed E-state index contributed by atoms with van der Waals surface area (Å²) in [6.07, 6.45) is 8.57. The number of rotatable bonds is 5. The minimum Gasteiger partial charge on any atom is -0.0998 e. The summed E-state index contributed by atoms with van der Waals surface area (Å²) >= 11 is 0. The first kappa shape index (κ1) is 19.2. The van der Waals surface area contributed by atoms with E-state index in [1.165, 1.54) is 36.0 Å². The third-order valence-electron chi connectivity index (χ3n) is 4.71. The summed E-state index contributed by atoms with van der Waals surface area (Å²) in [5.74, 6) is 0. The number of hydrogen-bond acceptors (Lipinski definition) is 0. The second-order valence-corrected chi connectivity index (χ2v) is 6.67. The molecule has 2 rings (SSSR count). The van der Waals surface area contributed by atoms with Crippen LogP contribution in [0.5, 0.6) is 0 Å². The summed E-state index contributed by atoms with van der Waals surface area (Å²) in [7, 11) is 0. The highest BCUT2D eigenvalue weighted by molar-refractivity contribution is 5.45. The Balaban J connectivity index is 0.000000257. The highest BCUT2D eigenvalue weighted by Crippen LogP contribution is 2.45. The van der Waals surface area contributed by atoms with E-state index in [9.17, 15) is 0 Å². The van der Waals surface area contributed by atoms with Crippen LogP contribution in [0.2, 0.25) is 0 Å². The first-order valence-electron chi connectivity index (χ1n) is 8.56. The van der Waals surface area contributed by atoms with Crippen molar-refractivity contribution in [2.45, 2.75) is 58.8 Å². The van der Waals surface area contributed by atoms with Gasteiger partial charge in [-0.2, -0.15) is 0 Å². The molecule has 0 spiro atoms. The van der Waals surface area contributed by atoms with Gasteiger partial charge in [-0.3, -0.25) is 0 Å². The Hall–Kier alpha value is -1.82. The van der Waals surface area contributed by atoms with Gasteiger partial charge in [0.1, 0.15) is 0 Å². The van der Waals surface area contributed by atoms with Crippen molar-refractivity contribution in [1.82, 2.24) is 0 Å². The van der Waals surface area contributed by atoms with Gasteiger partial charge < -0.3 is 0 Å². The van der Waals surface area contributed by atoms with Crippen molar-refractivity contribution in [3.8, 4) is 0 Å². The Bertz CT molecular complexity index is 600. The van der Waals surface area contributed by atoms with Crippen LogP contribution in [0.25, 0.3) is 0 Å². The number of fused-ring (bicyclic) bond motifs is 1. The molecule has 0 aliphatic heterocycles. The molecule has 0 amide bonds. The van der Waals surface area contributed by atoms with Crippen LogP contribution in [0, 0.1) is 0 Å². The molecule has 124 valence electrons. The Morgan fingerprint density at radius 3 is 2.35 bits per heavy atom. The van der Waals surface area contributed by atoms with Gasteiger partial charge in [0.05, 0.1) is 0 Å². The fourth-order valence-electron chi connectivity index (χ4n) is 3.48. The molecule has 0 saturated heterocycles. The van der Waals surface area contributed by atoms with Gasteiger partial charge in [-0.05, 0) is 57.6 Å². The maximum Gasteiger partial charge on any atom is 0.0159 e. The average Bonchev–Trinajstić information content (AvgIpc) is 2.87. The topological polar surface area (TPSA) is 0 Å². The van der Waals surface area contributed by atoms with E-state index in [1.807, 2.05) is 26.0 Å². The van der Waals surface area contributed by atoms with Gasteiger partial charge in [-0.15, -0.1) is 0 Å². The summed E-state index contributed by atoms with van der Waals surface area (Å²) < 4.78 is 0. The Kier molecular flexibility index (Phi) is 7.29. The minimum atomic E-state index is 0.274. The van der Waals surface area contributed by atoms with E-state index in [2.05, 4.69) is 57.8 Å². The van der Waals surface area contributed by atoms with Crippen molar-refractivity contribution in [3.63, 3.8) is 0 Å². The predicted octanol–water partition coefficient (Wildman–Crippen LogP) is 6.94. The van der Waals surface area contributed by atoms with Gasteiger partial charge in [0.25, 0.3) is 0 Å². The van der Waals surface area contributed by atoms with Gasteiger partial charge in [-0.25, -0.2) is 0 Å². The van der Waals surface area contributed by atoms with E-state index >= 15 is 0 Å². The van der Waals surface area contributed by atoms with Crippen LogP contribution in [0.1, 0.15) is 58.1 Å². The summed E-state index contributed by atoms with van der Waals surface area (Å²) in [5, 5.41) is 0. The van der Waals surface area contributed by atoms with Gasteiger partial charge in [0.2, 0.25) is 0 Å².